The molecule has 0 bridgehead atoms. The van der Waals surface area contributed by atoms with Crippen molar-refractivity contribution in [1.82, 2.24) is 10.0 Å². The number of benzene rings is 2. The van der Waals surface area contributed by atoms with E-state index >= 15 is 0 Å². The van der Waals surface area contributed by atoms with Crippen molar-refractivity contribution in [3.63, 3.8) is 0 Å². The van der Waals surface area contributed by atoms with Crippen molar-refractivity contribution >= 4 is 27.5 Å². The quantitative estimate of drug-likeness (QED) is 0.750. The summed E-state index contributed by atoms with van der Waals surface area (Å²) in [6, 6.07) is 10.7. The molecule has 0 aliphatic heterocycles. The molecular formula is C18H20ClFN2O3S. The van der Waals surface area contributed by atoms with Crippen molar-refractivity contribution in [2.24, 2.45) is 0 Å². The number of nitrogens with one attached hydrogen (secondary N) is 2. The summed E-state index contributed by atoms with van der Waals surface area (Å²) in [5.74, 6) is -1.38. The lowest BCUT2D eigenvalue weighted by atomic mass is 10.0. The molecular weight excluding hydrogens is 379 g/mol. The van der Waals surface area contributed by atoms with E-state index < -0.39 is 32.7 Å². The van der Waals surface area contributed by atoms with Crippen molar-refractivity contribution in [1.29, 1.82) is 0 Å². The minimum Gasteiger partial charge on any atom is -0.348 e. The normalized spacial score (nSPS) is 13.8. The van der Waals surface area contributed by atoms with Crippen LogP contribution in [-0.4, -0.2) is 20.4 Å². The minimum absolute atomic E-state index is 0.291. The van der Waals surface area contributed by atoms with Crippen molar-refractivity contribution in [2.75, 3.05) is 0 Å². The van der Waals surface area contributed by atoms with E-state index in [9.17, 15) is 17.6 Å². The lowest BCUT2D eigenvalue weighted by Crippen LogP contribution is -2.45. The number of sulfonamides is 1. The van der Waals surface area contributed by atoms with Crippen LogP contribution in [0.5, 0.6) is 0 Å². The zero-order chi connectivity index (χ0) is 19.3. The Morgan fingerprint density at radius 2 is 1.77 bits per heavy atom. The first-order valence-corrected chi connectivity index (χ1v) is 9.93. The summed E-state index contributed by atoms with van der Waals surface area (Å²) < 4.78 is 40.5. The Bertz CT molecular complexity index is 872. The first-order chi connectivity index (χ1) is 12.2. The Labute approximate surface area is 157 Å². The summed E-state index contributed by atoms with van der Waals surface area (Å²) in [5.41, 5.74) is 0.856. The number of rotatable bonds is 7. The summed E-state index contributed by atoms with van der Waals surface area (Å²) in [7, 11) is -4.15. The van der Waals surface area contributed by atoms with E-state index in [2.05, 4.69) is 10.0 Å². The van der Waals surface area contributed by atoms with Gasteiger partial charge in [-0.05, 0) is 43.2 Å². The molecule has 0 aliphatic rings. The third-order valence-corrected chi connectivity index (χ3v) is 5.67. The van der Waals surface area contributed by atoms with Gasteiger partial charge in [0.25, 0.3) is 0 Å². The second-order valence-corrected chi connectivity index (χ2v) is 7.91. The number of amides is 1. The molecule has 0 spiro atoms. The smallest absolute Gasteiger partial charge is 0.244 e. The van der Waals surface area contributed by atoms with Gasteiger partial charge >= 0.3 is 0 Å². The number of halogens is 2. The number of hydrogen-bond acceptors (Lipinski definition) is 3. The first-order valence-electron chi connectivity index (χ1n) is 8.07. The molecule has 2 aromatic rings. The van der Waals surface area contributed by atoms with E-state index in [1.807, 2.05) is 6.92 Å². The highest BCUT2D eigenvalue weighted by Gasteiger charge is 2.25. The molecule has 2 N–H and O–H groups in total. The van der Waals surface area contributed by atoms with E-state index in [1.54, 1.807) is 24.3 Å². The highest BCUT2D eigenvalue weighted by atomic mass is 35.5. The average molecular weight is 399 g/mol. The molecule has 0 saturated heterocycles. The maximum absolute atomic E-state index is 13.7. The van der Waals surface area contributed by atoms with E-state index in [4.69, 9.17) is 11.6 Å². The molecule has 26 heavy (non-hydrogen) atoms. The zero-order valence-electron chi connectivity index (χ0n) is 14.4. The van der Waals surface area contributed by atoms with Gasteiger partial charge in [0.2, 0.25) is 15.9 Å². The van der Waals surface area contributed by atoms with Crippen LogP contribution >= 0.6 is 11.6 Å². The molecule has 2 rings (SSSR count). The van der Waals surface area contributed by atoms with Gasteiger partial charge in [0, 0.05) is 5.02 Å². The Morgan fingerprint density at radius 3 is 2.35 bits per heavy atom. The predicted octanol–water partition coefficient (Wildman–Crippen LogP) is 3.41. The summed E-state index contributed by atoms with van der Waals surface area (Å²) in [6.07, 6.45) is 0.611. The fourth-order valence-electron chi connectivity index (χ4n) is 2.43. The van der Waals surface area contributed by atoms with Gasteiger partial charge in [-0.3, -0.25) is 4.79 Å². The van der Waals surface area contributed by atoms with Crippen LogP contribution in [0.3, 0.4) is 0 Å². The molecule has 5 nitrogen and oxygen atoms in total. The van der Waals surface area contributed by atoms with Crippen LogP contribution in [-0.2, 0) is 14.8 Å². The third-order valence-electron chi connectivity index (χ3n) is 3.85. The van der Waals surface area contributed by atoms with Crippen LogP contribution in [0.4, 0.5) is 4.39 Å². The van der Waals surface area contributed by atoms with Crippen LogP contribution in [0, 0.1) is 5.82 Å². The van der Waals surface area contributed by atoms with Crippen molar-refractivity contribution in [3.05, 3.63) is 64.9 Å². The van der Waals surface area contributed by atoms with Gasteiger partial charge in [0.1, 0.15) is 10.7 Å². The minimum atomic E-state index is -4.15. The summed E-state index contributed by atoms with van der Waals surface area (Å²) in [5, 5.41) is 3.37. The number of carbonyl (C=O) groups is 1. The molecule has 1 amide bonds. The predicted molar refractivity (Wildman–Crippen MR) is 98.8 cm³/mol. The molecule has 1 unspecified atom stereocenters. The standard InChI is InChI=1S/C18H20ClFN2O3S/c1-3-16(13-8-10-14(19)11-9-13)21-18(23)12(2)22-26(24,25)17-7-5-4-6-15(17)20/h4-12,16,22H,3H2,1-2H3,(H,21,23)/t12-,16?/m0/s1. The van der Waals surface area contributed by atoms with Crippen molar-refractivity contribution < 1.29 is 17.6 Å². The monoisotopic (exact) mass is 398 g/mol. The maximum atomic E-state index is 13.7. The lowest BCUT2D eigenvalue weighted by Gasteiger charge is -2.21. The van der Waals surface area contributed by atoms with Gasteiger partial charge in [-0.1, -0.05) is 42.8 Å². The van der Waals surface area contributed by atoms with Gasteiger partial charge in [-0.15, -0.1) is 0 Å². The molecule has 2 atom stereocenters. The Morgan fingerprint density at radius 1 is 1.15 bits per heavy atom. The molecule has 0 saturated carbocycles. The molecule has 0 radical (unpaired) electrons. The zero-order valence-corrected chi connectivity index (χ0v) is 15.9. The molecule has 0 aliphatic carbocycles. The largest absolute Gasteiger partial charge is 0.348 e. The third kappa shape index (κ3) is 5.03. The summed E-state index contributed by atoms with van der Waals surface area (Å²) in [4.78, 5) is 11.9. The summed E-state index contributed by atoms with van der Waals surface area (Å²) >= 11 is 5.86. The maximum Gasteiger partial charge on any atom is 0.244 e. The highest BCUT2D eigenvalue weighted by Crippen LogP contribution is 2.19. The second kappa shape index (κ2) is 8.62. The molecule has 2 aromatic carbocycles. The van der Waals surface area contributed by atoms with E-state index in [0.29, 0.717) is 11.4 Å². The molecule has 8 heteroatoms. The number of hydrogen-bond donors (Lipinski definition) is 2. The van der Waals surface area contributed by atoms with Gasteiger partial charge in [0.05, 0.1) is 12.1 Å². The topological polar surface area (TPSA) is 75.3 Å². The first kappa shape index (κ1) is 20.4. The fraction of sp³-hybridized carbons (Fsp3) is 0.278. The van der Waals surface area contributed by atoms with Crippen molar-refractivity contribution in [3.8, 4) is 0 Å². The van der Waals surface area contributed by atoms with Crippen LogP contribution in [0.2, 0.25) is 5.02 Å². The molecule has 140 valence electrons. The lowest BCUT2D eigenvalue weighted by molar-refractivity contribution is -0.123. The van der Waals surface area contributed by atoms with Crippen molar-refractivity contribution in [2.45, 2.75) is 37.2 Å². The van der Waals surface area contributed by atoms with Gasteiger partial charge in [0.15, 0.2) is 0 Å². The van der Waals surface area contributed by atoms with Gasteiger partial charge in [-0.25, -0.2) is 12.8 Å². The summed E-state index contributed by atoms with van der Waals surface area (Å²) in [6.45, 7) is 3.30. The van der Waals surface area contributed by atoms with Gasteiger partial charge in [-0.2, -0.15) is 4.72 Å². The van der Waals surface area contributed by atoms with Gasteiger partial charge < -0.3 is 5.32 Å². The Kier molecular flexibility index (Phi) is 6.75. The van der Waals surface area contributed by atoms with E-state index in [-0.39, 0.29) is 6.04 Å². The fourth-order valence-corrected chi connectivity index (χ4v) is 3.83. The van der Waals surface area contributed by atoms with Crippen LogP contribution in [0.1, 0.15) is 31.9 Å². The average Bonchev–Trinajstić information content (AvgIpc) is 2.60. The molecule has 0 fully saturated rings. The van der Waals surface area contributed by atoms with Crippen LogP contribution in [0.15, 0.2) is 53.4 Å². The SMILES string of the molecule is CCC(NC(=O)[C@H](C)NS(=O)(=O)c1ccccc1F)c1ccc(Cl)cc1. The van der Waals surface area contributed by atoms with E-state index in [1.165, 1.54) is 19.1 Å². The Balaban J connectivity index is 2.09. The highest BCUT2D eigenvalue weighted by molar-refractivity contribution is 7.89. The van der Waals surface area contributed by atoms with Crippen LogP contribution < -0.4 is 10.0 Å². The number of carbonyl (C=O) groups excluding carboxylic acids is 1. The van der Waals surface area contributed by atoms with E-state index in [0.717, 1.165) is 17.7 Å². The second-order valence-electron chi connectivity index (χ2n) is 5.79. The molecule has 0 heterocycles. The van der Waals surface area contributed by atoms with Crippen LogP contribution in [0.25, 0.3) is 0 Å². The Hall–Kier alpha value is -1.96. The molecule has 0 aromatic heterocycles.